The van der Waals surface area contributed by atoms with Crippen LogP contribution in [0.5, 0.6) is 0 Å². The molecule has 0 amide bonds. The summed E-state index contributed by atoms with van der Waals surface area (Å²) in [5.41, 5.74) is 10.5. The molecule has 0 aliphatic rings. The average Bonchev–Trinajstić information content (AvgIpc) is 3.02. The minimum Gasteiger partial charge on any atom is -0.380 e. The van der Waals surface area contributed by atoms with Crippen molar-refractivity contribution in [3.63, 3.8) is 0 Å². The molecule has 0 N–H and O–H groups in total. The molecule has 309 valence electrons. The highest BCUT2D eigenvalue weighted by molar-refractivity contribution is 7.80. The zero-order valence-electron chi connectivity index (χ0n) is 35.1. The fraction of sp³-hybridized carbons (Fsp3) is 0.571. The van der Waals surface area contributed by atoms with Crippen LogP contribution in [0, 0.1) is 0 Å². The summed E-state index contributed by atoms with van der Waals surface area (Å²) in [4.78, 5) is 2.59. The van der Waals surface area contributed by atoms with E-state index in [2.05, 4.69) is 98.7 Å². The van der Waals surface area contributed by atoms with Crippen LogP contribution in [-0.4, -0.2) is 42.7 Å². The van der Waals surface area contributed by atoms with Crippen molar-refractivity contribution < 1.29 is 42.5 Å². The molecule has 0 aromatic heterocycles. The maximum absolute atomic E-state index is 5.45. The lowest BCUT2D eigenvalue weighted by Gasteiger charge is -2.22. The first-order chi connectivity index (χ1) is 23.7. The topological polar surface area (TPSA) is 55.4 Å². The van der Waals surface area contributed by atoms with E-state index >= 15 is 0 Å². The van der Waals surface area contributed by atoms with E-state index in [1.54, 1.807) is 42.7 Å². The smallest absolute Gasteiger partial charge is 0.0727 e. The van der Waals surface area contributed by atoms with Crippen molar-refractivity contribution in [2.45, 2.75) is 133 Å². The van der Waals surface area contributed by atoms with Crippen molar-refractivity contribution in [3.8, 4) is 0 Å². The average molecular weight is 820 g/mol. The standard InChI is InChI=1S/3C14H21O2S.3FH/c3*1-14(2,3)12-6-10(8-15-4)13(17)11(7-12)9-16-5;;;/h3*6-7H,8-9H2,1-5H3;3*1H. The lowest BCUT2D eigenvalue weighted by Crippen LogP contribution is -2.13. The summed E-state index contributed by atoms with van der Waals surface area (Å²) in [7, 11) is 10.1. The van der Waals surface area contributed by atoms with E-state index in [4.69, 9.17) is 66.3 Å². The Balaban J connectivity index is -0.000000703. The lowest BCUT2D eigenvalue weighted by atomic mass is 9.85. The second-order valence-electron chi connectivity index (χ2n) is 15.7. The minimum atomic E-state index is 0. The van der Waals surface area contributed by atoms with Gasteiger partial charge >= 0.3 is 0 Å². The van der Waals surface area contributed by atoms with Gasteiger partial charge in [0.1, 0.15) is 0 Å². The number of benzene rings is 3. The molecule has 0 spiro atoms. The number of ether oxygens (including phenoxy) is 6. The second-order valence-corrected chi connectivity index (χ2v) is 16.9. The van der Waals surface area contributed by atoms with Gasteiger partial charge in [-0.2, -0.15) is 0 Å². The first-order valence-electron chi connectivity index (χ1n) is 17.1. The summed E-state index contributed by atoms with van der Waals surface area (Å²) >= 11 is 16.3. The lowest BCUT2D eigenvalue weighted by molar-refractivity contribution is 0.175. The molecule has 3 rings (SSSR count). The molecule has 0 fully saturated rings. The maximum Gasteiger partial charge on any atom is 0.0727 e. The molecule has 0 aliphatic heterocycles. The van der Waals surface area contributed by atoms with Crippen LogP contribution >= 0.6 is 37.9 Å². The molecule has 0 unspecified atom stereocenters. The molecule has 0 bridgehead atoms. The van der Waals surface area contributed by atoms with Crippen LogP contribution in [0.15, 0.2) is 51.1 Å². The van der Waals surface area contributed by atoms with Crippen LogP contribution < -0.4 is 0 Å². The van der Waals surface area contributed by atoms with E-state index in [9.17, 15) is 0 Å². The van der Waals surface area contributed by atoms with Gasteiger partial charge in [0.25, 0.3) is 0 Å². The second kappa shape index (κ2) is 25.9. The first-order valence-corrected chi connectivity index (χ1v) is 18.4. The predicted octanol–water partition coefficient (Wildman–Crippen LogP) is 12.0. The van der Waals surface area contributed by atoms with E-state index in [1.165, 1.54) is 16.7 Å². The zero-order chi connectivity index (χ0) is 39.2. The number of halogens is 3. The highest BCUT2D eigenvalue weighted by Crippen LogP contribution is 2.32. The molecule has 6 nitrogen and oxygen atoms in total. The van der Waals surface area contributed by atoms with E-state index < -0.39 is 0 Å². The van der Waals surface area contributed by atoms with Crippen molar-refractivity contribution in [2.24, 2.45) is 0 Å². The SMILES string of the molecule is COCc1cc(C(C)(C)C)cc(COC)c1[S].COCc1cc(C(C)(C)C)cc(COC)c1[S].COCc1cc(C(C)(C)C)cc(COC)c1[S].F.F.F. The Morgan fingerprint density at radius 1 is 0.333 bits per heavy atom. The molecular weight excluding hydrogens is 754 g/mol. The quantitative estimate of drug-likeness (QED) is 0.181. The van der Waals surface area contributed by atoms with Crippen molar-refractivity contribution in [1.29, 1.82) is 0 Å². The monoisotopic (exact) mass is 819 g/mol. The molecule has 0 saturated carbocycles. The molecule has 3 aromatic rings. The van der Waals surface area contributed by atoms with Crippen LogP contribution in [0.25, 0.3) is 0 Å². The first kappa shape index (κ1) is 56.2. The van der Waals surface area contributed by atoms with Gasteiger partial charge < -0.3 is 28.4 Å². The van der Waals surface area contributed by atoms with E-state index in [0.29, 0.717) is 39.6 Å². The van der Waals surface area contributed by atoms with Crippen molar-refractivity contribution in [1.82, 2.24) is 0 Å². The van der Waals surface area contributed by atoms with Crippen LogP contribution in [0.4, 0.5) is 14.1 Å². The Labute approximate surface area is 341 Å². The Hall–Kier alpha value is -2.13. The highest BCUT2D eigenvalue weighted by Gasteiger charge is 2.20. The molecule has 12 heteroatoms. The molecule has 3 radical (unpaired) electrons. The summed E-state index contributed by atoms with van der Waals surface area (Å²) in [6.45, 7) is 23.1. The Morgan fingerprint density at radius 2 is 0.463 bits per heavy atom. The van der Waals surface area contributed by atoms with Crippen molar-refractivity contribution >= 4 is 37.9 Å². The summed E-state index contributed by atoms with van der Waals surface area (Å²) in [5.74, 6) is 0. The van der Waals surface area contributed by atoms with Gasteiger partial charge in [0, 0.05) is 57.3 Å². The number of rotatable bonds is 12. The van der Waals surface area contributed by atoms with Gasteiger partial charge in [-0.05, 0) is 66.3 Å². The van der Waals surface area contributed by atoms with Crippen LogP contribution in [-0.2, 0) is 84.3 Å². The summed E-state index contributed by atoms with van der Waals surface area (Å²) < 4.78 is 31.2. The van der Waals surface area contributed by atoms with Gasteiger partial charge in [-0.15, -0.1) is 0 Å². The predicted molar refractivity (Wildman–Crippen MR) is 225 cm³/mol. The molecular formula is C42H66F3O6S3. The molecule has 54 heavy (non-hydrogen) atoms. The fourth-order valence-corrected chi connectivity index (χ4v) is 5.85. The van der Waals surface area contributed by atoms with Crippen LogP contribution in [0.3, 0.4) is 0 Å². The van der Waals surface area contributed by atoms with E-state index in [1.807, 2.05) is 0 Å². The van der Waals surface area contributed by atoms with Gasteiger partial charge in [-0.1, -0.05) is 137 Å². The molecule has 3 aromatic carbocycles. The van der Waals surface area contributed by atoms with Crippen molar-refractivity contribution in [3.05, 3.63) is 86.5 Å². The van der Waals surface area contributed by atoms with Gasteiger partial charge in [-0.25, -0.2) is 0 Å². The van der Waals surface area contributed by atoms with Gasteiger partial charge in [0.05, 0.1) is 39.6 Å². The van der Waals surface area contributed by atoms with Crippen LogP contribution in [0.1, 0.15) is 112 Å². The number of methoxy groups -OCH3 is 6. The van der Waals surface area contributed by atoms with E-state index in [-0.39, 0.29) is 30.4 Å². The third kappa shape index (κ3) is 17.8. The normalized spacial score (nSPS) is 11.2. The molecule has 0 atom stereocenters. The number of hydrogen-bond acceptors (Lipinski definition) is 6. The van der Waals surface area contributed by atoms with Gasteiger partial charge in [0.15, 0.2) is 0 Å². The Morgan fingerprint density at radius 3 is 0.556 bits per heavy atom. The van der Waals surface area contributed by atoms with Crippen LogP contribution in [0.2, 0.25) is 0 Å². The third-order valence-electron chi connectivity index (χ3n) is 8.13. The molecule has 0 heterocycles. The third-order valence-corrected chi connectivity index (χ3v) is 9.70. The summed E-state index contributed by atoms with van der Waals surface area (Å²) in [5, 5.41) is 0. The van der Waals surface area contributed by atoms with Gasteiger partial charge in [-0.3, -0.25) is 14.1 Å². The zero-order valence-corrected chi connectivity index (χ0v) is 37.6. The maximum atomic E-state index is 5.45. The summed E-state index contributed by atoms with van der Waals surface area (Å²) in [6.07, 6.45) is 0. The Bertz CT molecular complexity index is 1260. The van der Waals surface area contributed by atoms with Crippen molar-refractivity contribution in [2.75, 3.05) is 42.7 Å². The highest BCUT2D eigenvalue weighted by atomic mass is 32.1. The minimum absolute atomic E-state index is 0. The summed E-state index contributed by atoms with van der Waals surface area (Å²) in [6, 6.07) is 12.9. The molecule has 0 saturated heterocycles. The molecule has 0 aliphatic carbocycles. The fourth-order valence-electron chi connectivity index (χ4n) is 5.14. The Kier molecular flexibility index (Phi) is 27.0. The van der Waals surface area contributed by atoms with E-state index in [0.717, 1.165) is 48.1 Å². The largest absolute Gasteiger partial charge is 0.380 e. The number of hydrogen-bond donors (Lipinski definition) is 0. The van der Waals surface area contributed by atoms with Gasteiger partial charge in [0.2, 0.25) is 0 Å².